The number of rotatable bonds is 3. The Bertz CT molecular complexity index is 651. The van der Waals surface area contributed by atoms with Gasteiger partial charge in [0, 0.05) is 10.5 Å². The SMILES string of the molecule is Cc1ccc(Br)cc1Oc1ccc(N)c(OC(C)(C)C)n1. The molecule has 0 unspecified atom stereocenters. The zero-order valence-corrected chi connectivity index (χ0v) is 14.2. The first-order valence-electron chi connectivity index (χ1n) is 6.64. The van der Waals surface area contributed by atoms with Gasteiger partial charge in [0.1, 0.15) is 11.4 Å². The number of aryl methyl sites for hydroxylation is 1. The van der Waals surface area contributed by atoms with Crippen molar-refractivity contribution in [1.82, 2.24) is 4.98 Å². The zero-order chi connectivity index (χ0) is 15.6. The van der Waals surface area contributed by atoms with Crippen LogP contribution in [0.1, 0.15) is 26.3 Å². The number of nitrogen functional groups attached to an aromatic ring is 1. The maximum atomic E-state index is 5.89. The molecule has 0 radical (unpaired) electrons. The highest BCUT2D eigenvalue weighted by Gasteiger charge is 2.16. The molecule has 0 aliphatic carbocycles. The Kier molecular flexibility index (Phi) is 4.42. The van der Waals surface area contributed by atoms with Crippen molar-refractivity contribution in [2.75, 3.05) is 5.73 Å². The predicted octanol–water partition coefficient (Wildman–Crippen LogP) is 4.70. The van der Waals surface area contributed by atoms with Crippen LogP contribution in [0.3, 0.4) is 0 Å². The van der Waals surface area contributed by atoms with Gasteiger partial charge in [-0.05, 0) is 51.5 Å². The van der Waals surface area contributed by atoms with E-state index < -0.39 is 0 Å². The molecule has 0 atom stereocenters. The van der Waals surface area contributed by atoms with Gasteiger partial charge in [0.15, 0.2) is 0 Å². The van der Waals surface area contributed by atoms with E-state index in [4.69, 9.17) is 15.2 Å². The summed E-state index contributed by atoms with van der Waals surface area (Å²) in [7, 11) is 0. The summed E-state index contributed by atoms with van der Waals surface area (Å²) in [6.45, 7) is 7.81. The lowest BCUT2D eigenvalue weighted by molar-refractivity contribution is 0.124. The lowest BCUT2D eigenvalue weighted by Gasteiger charge is -2.21. The molecule has 2 aromatic rings. The van der Waals surface area contributed by atoms with Crippen LogP contribution in [0, 0.1) is 6.92 Å². The molecule has 0 spiro atoms. The van der Waals surface area contributed by atoms with E-state index in [1.807, 2.05) is 45.9 Å². The predicted molar refractivity (Wildman–Crippen MR) is 88.0 cm³/mol. The summed E-state index contributed by atoms with van der Waals surface area (Å²) in [5.41, 5.74) is 7.04. The molecule has 5 heteroatoms. The number of hydrogen-bond donors (Lipinski definition) is 1. The highest BCUT2D eigenvalue weighted by molar-refractivity contribution is 9.10. The molecule has 2 N–H and O–H groups in total. The first-order chi connectivity index (χ1) is 9.74. The van der Waals surface area contributed by atoms with Gasteiger partial charge in [-0.2, -0.15) is 4.98 Å². The molecule has 0 fully saturated rings. The Labute approximate surface area is 133 Å². The highest BCUT2D eigenvalue weighted by atomic mass is 79.9. The van der Waals surface area contributed by atoms with Crippen LogP contribution in [0.15, 0.2) is 34.8 Å². The Morgan fingerprint density at radius 3 is 2.52 bits per heavy atom. The third-order valence-corrected chi connectivity index (χ3v) is 3.12. The van der Waals surface area contributed by atoms with Crippen LogP contribution in [0.2, 0.25) is 0 Å². The first kappa shape index (κ1) is 15.6. The van der Waals surface area contributed by atoms with Crippen molar-refractivity contribution in [3.05, 3.63) is 40.4 Å². The Hall–Kier alpha value is -1.75. The number of aromatic nitrogens is 1. The molecule has 21 heavy (non-hydrogen) atoms. The molecule has 0 aliphatic rings. The zero-order valence-electron chi connectivity index (χ0n) is 12.6. The molecule has 112 valence electrons. The summed E-state index contributed by atoms with van der Waals surface area (Å²) >= 11 is 3.43. The van der Waals surface area contributed by atoms with Gasteiger partial charge in [0.2, 0.25) is 11.8 Å². The minimum absolute atomic E-state index is 0.370. The fraction of sp³-hybridized carbons (Fsp3) is 0.312. The van der Waals surface area contributed by atoms with Crippen LogP contribution in [-0.4, -0.2) is 10.6 Å². The van der Waals surface area contributed by atoms with Crippen molar-refractivity contribution in [3.8, 4) is 17.5 Å². The fourth-order valence-electron chi connectivity index (χ4n) is 1.66. The second-order valence-corrected chi connectivity index (χ2v) is 6.69. The van der Waals surface area contributed by atoms with Gasteiger partial charge in [0.05, 0.1) is 5.69 Å². The monoisotopic (exact) mass is 350 g/mol. The third-order valence-electron chi connectivity index (χ3n) is 2.63. The van der Waals surface area contributed by atoms with Crippen molar-refractivity contribution in [1.29, 1.82) is 0 Å². The summed E-state index contributed by atoms with van der Waals surface area (Å²) in [5.74, 6) is 1.57. The van der Waals surface area contributed by atoms with Crippen molar-refractivity contribution in [3.63, 3.8) is 0 Å². The minimum Gasteiger partial charge on any atom is -0.470 e. The van der Waals surface area contributed by atoms with Gasteiger partial charge in [-0.25, -0.2) is 0 Å². The maximum absolute atomic E-state index is 5.89. The average Bonchev–Trinajstić information content (AvgIpc) is 2.36. The summed E-state index contributed by atoms with van der Waals surface area (Å²) in [4.78, 5) is 4.34. The maximum Gasteiger partial charge on any atom is 0.241 e. The number of anilines is 1. The molecule has 2 rings (SSSR count). The molecule has 1 aromatic carbocycles. The van der Waals surface area contributed by atoms with E-state index >= 15 is 0 Å². The van der Waals surface area contributed by atoms with E-state index in [9.17, 15) is 0 Å². The first-order valence-corrected chi connectivity index (χ1v) is 7.43. The van der Waals surface area contributed by atoms with Crippen LogP contribution in [-0.2, 0) is 0 Å². The largest absolute Gasteiger partial charge is 0.470 e. The lowest BCUT2D eigenvalue weighted by Crippen LogP contribution is -2.24. The van der Waals surface area contributed by atoms with E-state index in [0.717, 1.165) is 15.8 Å². The van der Waals surface area contributed by atoms with Gasteiger partial charge in [-0.1, -0.05) is 22.0 Å². The molecule has 0 saturated heterocycles. The van der Waals surface area contributed by atoms with Crippen molar-refractivity contribution < 1.29 is 9.47 Å². The van der Waals surface area contributed by atoms with Gasteiger partial charge >= 0.3 is 0 Å². The normalized spacial score (nSPS) is 11.3. The molecule has 0 bridgehead atoms. The number of benzene rings is 1. The van der Waals surface area contributed by atoms with Gasteiger partial charge in [0.25, 0.3) is 0 Å². The molecule has 0 amide bonds. The average molecular weight is 351 g/mol. The molecule has 4 nitrogen and oxygen atoms in total. The molecule has 0 saturated carbocycles. The molecule has 1 aromatic heterocycles. The highest BCUT2D eigenvalue weighted by Crippen LogP contribution is 2.31. The Morgan fingerprint density at radius 1 is 1.14 bits per heavy atom. The van der Waals surface area contributed by atoms with Crippen molar-refractivity contribution >= 4 is 21.6 Å². The molecule has 1 heterocycles. The number of pyridine rings is 1. The van der Waals surface area contributed by atoms with Crippen LogP contribution < -0.4 is 15.2 Å². The standard InChI is InChI=1S/C16H19BrN2O2/c1-10-5-6-11(17)9-13(10)20-14-8-7-12(18)15(19-14)21-16(2,3)4/h5-9H,18H2,1-4H3. The smallest absolute Gasteiger partial charge is 0.241 e. The Balaban J connectivity index is 2.29. The van der Waals surface area contributed by atoms with Crippen LogP contribution in [0.25, 0.3) is 0 Å². The van der Waals surface area contributed by atoms with Gasteiger partial charge in [-0.3, -0.25) is 0 Å². The van der Waals surface area contributed by atoms with Crippen molar-refractivity contribution in [2.24, 2.45) is 0 Å². The van der Waals surface area contributed by atoms with Crippen molar-refractivity contribution in [2.45, 2.75) is 33.3 Å². The summed E-state index contributed by atoms with van der Waals surface area (Å²) in [6, 6.07) is 9.30. The molecular weight excluding hydrogens is 332 g/mol. The fourth-order valence-corrected chi connectivity index (χ4v) is 2.00. The van der Waals surface area contributed by atoms with Crippen LogP contribution in [0.4, 0.5) is 5.69 Å². The van der Waals surface area contributed by atoms with Crippen LogP contribution >= 0.6 is 15.9 Å². The van der Waals surface area contributed by atoms with Crippen LogP contribution in [0.5, 0.6) is 17.5 Å². The van der Waals surface area contributed by atoms with E-state index in [-0.39, 0.29) is 5.60 Å². The van der Waals surface area contributed by atoms with Gasteiger partial charge in [-0.15, -0.1) is 0 Å². The number of halogens is 1. The summed E-state index contributed by atoms with van der Waals surface area (Å²) < 4.78 is 12.5. The minimum atomic E-state index is -0.370. The second kappa shape index (κ2) is 5.93. The number of nitrogens with two attached hydrogens (primary N) is 1. The second-order valence-electron chi connectivity index (χ2n) is 5.77. The van der Waals surface area contributed by atoms with E-state index in [1.165, 1.54) is 0 Å². The third kappa shape index (κ3) is 4.36. The summed E-state index contributed by atoms with van der Waals surface area (Å²) in [5, 5.41) is 0. The quantitative estimate of drug-likeness (QED) is 0.871. The van der Waals surface area contributed by atoms with E-state index in [0.29, 0.717) is 17.4 Å². The number of hydrogen-bond acceptors (Lipinski definition) is 4. The van der Waals surface area contributed by atoms with E-state index in [2.05, 4.69) is 20.9 Å². The Morgan fingerprint density at radius 2 is 1.86 bits per heavy atom. The number of nitrogens with zero attached hydrogens (tertiary/aromatic N) is 1. The van der Waals surface area contributed by atoms with Gasteiger partial charge < -0.3 is 15.2 Å². The lowest BCUT2D eigenvalue weighted by atomic mass is 10.2. The van der Waals surface area contributed by atoms with E-state index in [1.54, 1.807) is 12.1 Å². The molecule has 0 aliphatic heterocycles. The summed E-state index contributed by atoms with van der Waals surface area (Å²) in [6.07, 6.45) is 0. The topological polar surface area (TPSA) is 57.4 Å². The molecular formula is C16H19BrN2O2. The number of ether oxygens (including phenoxy) is 2.